The molecule has 0 saturated carbocycles. The molecule has 0 fully saturated rings. The Labute approximate surface area is 104 Å². The van der Waals surface area contributed by atoms with Crippen molar-refractivity contribution in [1.82, 2.24) is 4.98 Å². The van der Waals surface area contributed by atoms with Gasteiger partial charge in [-0.25, -0.2) is 4.79 Å². The van der Waals surface area contributed by atoms with Crippen LogP contribution in [0.2, 0.25) is 0 Å². The molecule has 1 aromatic carbocycles. The van der Waals surface area contributed by atoms with E-state index in [1.54, 1.807) is 0 Å². The minimum atomic E-state index is -0.311. The molecule has 0 unspecified atom stereocenters. The number of methoxy groups -OCH3 is 1. The molecule has 0 radical (unpaired) electrons. The molecule has 1 heterocycles. The lowest BCUT2D eigenvalue weighted by atomic mass is 10.1. The van der Waals surface area contributed by atoms with E-state index in [-0.39, 0.29) is 5.97 Å². The predicted octanol–water partition coefficient (Wildman–Crippen LogP) is 3.19. The zero-order chi connectivity index (χ0) is 12.3. The Hall–Kier alpha value is -1.68. The molecule has 1 aromatic heterocycles. The fraction of sp³-hybridized carbons (Fsp3) is 0.154. The Bertz CT molecular complexity index is 519. The first-order valence-corrected chi connectivity index (χ1v) is 6.39. The van der Waals surface area contributed by atoms with Gasteiger partial charge in [0.15, 0.2) is 0 Å². The van der Waals surface area contributed by atoms with Gasteiger partial charge in [-0.2, -0.15) is 0 Å². The van der Waals surface area contributed by atoms with Crippen LogP contribution in [0.5, 0.6) is 0 Å². The summed E-state index contributed by atoms with van der Waals surface area (Å²) in [6, 6.07) is 9.78. The molecule has 0 bridgehead atoms. The number of hydrogen-bond acceptors (Lipinski definition) is 3. The highest BCUT2D eigenvalue weighted by Gasteiger charge is 2.19. The summed E-state index contributed by atoms with van der Waals surface area (Å²) in [4.78, 5) is 14.9. The van der Waals surface area contributed by atoms with Crippen LogP contribution in [0.3, 0.4) is 0 Å². The Morgan fingerprint density at radius 3 is 2.59 bits per heavy atom. The van der Waals surface area contributed by atoms with Crippen molar-refractivity contribution in [3.63, 3.8) is 0 Å². The molecular formula is C13H13NO2S. The summed E-state index contributed by atoms with van der Waals surface area (Å²) < 4.78 is 4.83. The maximum atomic E-state index is 11.8. The van der Waals surface area contributed by atoms with Crippen molar-refractivity contribution in [2.24, 2.45) is 0 Å². The zero-order valence-corrected chi connectivity index (χ0v) is 10.5. The van der Waals surface area contributed by atoms with Crippen molar-refractivity contribution in [2.75, 3.05) is 13.4 Å². The number of benzene rings is 1. The predicted molar refractivity (Wildman–Crippen MR) is 69.3 cm³/mol. The van der Waals surface area contributed by atoms with Crippen molar-refractivity contribution in [3.05, 3.63) is 42.1 Å². The lowest BCUT2D eigenvalue weighted by Gasteiger charge is -2.04. The lowest BCUT2D eigenvalue weighted by molar-refractivity contribution is 0.0598. The Morgan fingerprint density at radius 1 is 1.29 bits per heavy atom. The van der Waals surface area contributed by atoms with Gasteiger partial charge in [0.05, 0.1) is 17.7 Å². The third kappa shape index (κ3) is 2.22. The molecule has 0 amide bonds. The number of esters is 1. The Morgan fingerprint density at radius 2 is 2.00 bits per heavy atom. The molecule has 2 aromatic rings. The summed E-state index contributed by atoms with van der Waals surface area (Å²) in [6.07, 6.45) is 3.76. The van der Waals surface area contributed by atoms with E-state index in [2.05, 4.69) is 4.98 Å². The Balaban J connectivity index is 2.55. The van der Waals surface area contributed by atoms with Gasteiger partial charge in [0.1, 0.15) is 0 Å². The van der Waals surface area contributed by atoms with Gasteiger partial charge in [0.2, 0.25) is 0 Å². The molecule has 0 aliphatic rings. The van der Waals surface area contributed by atoms with Crippen LogP contribution in [-0.4, -0.2) is 24.3 Å². The van der Waals surface area contributed by atoms with Gasteiger partial charge in [0.25, 0.3) is 0 Å². The number of rotatable bonds is 3. The molecule has 17 heavy (non-hydrogen) atoms. The second-order valence-corrected chi connectivity index (χ2v) is 4.28. The highest BCUT2D eigenvalue weighted by Crippen LogP contribution is 2.31. The lowest BCUT2D eigenvalue weighted by Crippen LogP contribution is -2.03. The van der Waals surface area contributed by atoms with Gasteiger partial charge in [-0.1, -0.05) is 30.3 Å². The van der Waals surface area contributed by atoms with Crippen molar-refractivity contribution in [2.45, 2.75) is 5.03 Å². The van der Waals surface area contributed by atoms with E-state index < -0.39 is 0 Å². The standard InChI is InChI=1S/C13H13NO2S/c1-16-13(15)11-10(8-14-12(11)17-2)9-6-4-3-5-7-9/h3-8,14H,1-2H3. The maximum Gasteiger partial charge on any atom is 0.341 e. The van der Waals surface area contributed by atoms with E-state index >= 15 is 0 Å². The summed E-state index contributed by atoms with van der Waals surface area (Å²) in [7, 11) is 1.40. The largest absolute Gasteiger partial charge is 0.465 e. The molecule has 4 heteroatoms. The fourth-order valence-electron chi connectivity index (χ4n) is 1.72. The smallest absolute Gasteiger partial charge is 0.341 e. The summed E-state index contributed by atoms with van der Waals surface area (Å²) >= 11 is 1.50. The quantitative estimate of drug-likeness (QED) is 0.669. The summed E-state index contributed by atoms with van der Waals surface area (Å²) in [5.74, 6) is -0.311. The molecule has 0 atom stereocenters. The maximum absolute atomic E-state index is 11.8. The molecule has 0 aliphatic heterocycles. The molecule has 0 saturated heterocycles. The van der Waals surface area contributed by atoms with Crippen molar-refractivity contribution < 1.29 is 9.53 Å². The first-order valence-electron chi connectivity index (χ1n) is 5.17. The van der Waals surface area contributed by atoms with E-state index in [4.69, 9.17) is 4.74 Å². The molecule has 3 nitrogen and oxygen atoms in total. The molecule has 0 aliphatic carbocycles. The van der Waals surface area contributed by atoms with Crippen molar-refractivity contribution in [1.29, 1.82) is 0 Å². The van der Waals surface area contributed by atoms with Crippen molar-refractivity contribution in [3.8, 4) is 11.1 Å². The summed E-state index contributed by atoms with van der Waals surface area (Å²) in [5, 5.41) is 0.829. The summed E-state index contributed by atoms with van der Waals surface area (Å²) in [6.45, 7) is 0. The molecule has 0 spiro atoms. The number of thioether (sulfide) groups is 1. The highest BCUT2D eigenvalue weighted by atomic mass is 32.2. The normalized spacial score (nSPS) is 10.2. The topological polar surface area (TPSA) is 42.1 Å². The van der Waals surface area contributed by atoms with Crippen LogP contribution < -0.4 is 0 Å². The van der Waals surface area contributed by atoms with Gasteiger partial charge < -0.3 is 9.72 Å². The van der Waals surface area contributed by atoms with Gasteiger partial charge in [-0.3, -0.25) is 0 Å². The number of aromatic nitrogens is 1. The number of ether oxygens (including phenoxy) is 1. The van der Waals surface area contributed by atoms with Crippen LogP contribution in [0.4, 0.5) is 0 Å². The van der Waals surface area contributed by atoms with Crippen molar-refractivity contribution >= 4 is 17.7 Å². The van der Waals surface area contributed by atoms with Gasteiger partial charge >= 0.3 is 5.97 Å². The number of aromatic amines is 1. The van der Waals surface area contributed by atoms with E-state index in [0.29, 0.717) is 5.56 Å². The number of carbonyl (C=O) groups is 1. The number of H-pyrrole nitrogens is 1. The van der Waals surface area contributed by atoms with Crippen LogP contribution in [-0.2, 0) is 4.74 Å². The van der Waals surface area contributed by atoms with Crippen LogP contribution in [0.1, 0.15) is 10.4 Å². The highest BCUT2D eigenvalue weighted by molar-refractivity contribution is 7.98. The molecular weight excluding hydrogens is 234 g/mol. The molecule has 1 N–H and O–H groups in total. The Kier molecular flexibility index (Phi) is 3.54. The van der Waals surface area contributed by atoms with Gasteiger partial charge in [0, 0.05) is 11.8 Å². The third-order valence-electron chi connectivity index (χ3n) is 2.52. The monoisotopic (exact) mass is 247 g/mol. The van der Waals surface area contributed by atoms with Crippen LogP contribution in [0.15, 0.2) is 41.6 Å². The number of nitrogens with one attached hydrogen (secondary N) is 1. The van der Waals surface area contributed by atoms with Gasteiger partial charge in [-0.05, 0) is 11.8 Å². The van der Waals surface area contributed by atoms with Crippen LogP contribution in [0, 0.1) is 0 Å². The van der Waals surface area contributed by atoms with Crippen LogP contribution in [0.25, 0.3) is 11.1 Å². The number of carbonyl (C=O) groups excluding carboxylic acids is 1. The average molecular weight is 247 g/mol. The minimum Gasteiger partial charge on any atom is -0.465 e. The first-order chi connectivity index (χ1) is 8.27. The van der Waals surface area contributed by atoms with E-state index in [9.17, 15) is 4.79 Å². The average Bonchev–Trinajstić information content (AvgIpc) is 2.82. The second-order valence-electron chi connectivity index (χ2n) is 3.47. The zero-order valence-electron chi connectivity index (χ0n) is 9.69. The third-order valence-corrected chi connectivity index (χ3v) is 3.25. The fourth-order valence-corrected chi connectivity index (χ4v) is 2.29. The second kappa shape index (κ2) is 5.10. The van der Waals surface area contributed by atoms with E-state index in [1.165, 1.54) is 18.9 Å². The SMILES string of the molecule is COC(=O)c1c(-c2ccccc2)c[nH]c1SC. The molecule has 2 rings (SSSR count). The van der Waals surface area contributed by atoms with E-state index in [1.807, 2.05) is 42.8 Å². The van der Waals surface area contributed by atoms with Gasteiger partial charge in [-0.15, -0.1) is 11.8 Å². The van der Waals surface area contributed by atoms with E-state index in [0.717, 1.165) is 16.2 Å². The summed E-state index contributed by atoms with van der Waals surface area (Å²) in [5.41, 5.74) is 2.48. The number of hydrogen-bond donors (Lipinski definition) is 1. The minimum absolute atomic E-state index is 0.311. The van der Waals surface area contributed by atoms with Crippen LogP contribution >= 0.6 is 11.8 Å². The molecule has 88 valence electrons. The first kappa shape index (κ1) is 11.8.